The van der Waals surface area contributed by atoms with E-state index >= 15 is 0 Å². The lowest BCUT2D eigenvalue weighted by atomic mass is 10.0. The molecule has 0 fully saturated rings. The van der Waals surface area contributed by atoms with Crippen LogP contribution in [0.4, 0.5) is 5.69 Å². The van der Waals surface area contributed by atoms with Crippen LogP contribution in [0.25, 0.3) is 0 Å². The van der Waals surface area contributed by atoms with Gasteiger partial charge in [0.15, 0.2) is 0 Å². The molecule has 0 aliphatic rings. The van der Waals surface area contributed by atoms with Crippen LogP contribution < -0.4 is 10.6 Å². The standard InChI is InChI=1S/C18H32N2O/c1-6-17(19)12-16-7-8-18(15(4)11-16)20(9-10-21-5)13-14(2)3/h7-8,11,14,17H,6,9-10,12-13,19H2,1-5H3. The second kappa shape index (κ2) is 9.06. The molecule has 0 saturated carbocycles. The van der Waals surface area contributed by atoms with E-state index in [2.05, 4.69) is 50.8 Å². The summed E-state index contributed by atoms with van der Waals surface area (Å²) in [7, 11) is 1.76. The molecule has 0 aromatic heterocycles. The Morgan fingerprint density at radius 2 is 2.00 bits per heavy atom. The molecule has 0 amide bonds. The molecule has 3 heteroatoms. The summed E-state index contributed by atoms with van der Waals surface area (Å²) in [6.07, 6.45) is 1.98. The minimum absolute atomic E-state index is 0.260. The van der Waals surface area contributed by atoms with Crippen molar-refractivity contribution in [2.75, 3.05) is 31.7 Å². The van der Waals surface area contributed by atoms with E-state index < -0.39 is 0 Å². The molecule has 21 heavy (non-hydrogen) atoms. The van der Waals surface area contributed by atoms with Crippen LogP contribution in [0.1, 0.15) is 38.3 Å². The van der Waals surface area contributed by atoms with E-state index in [1.54, 1.807) is 7.11 Å². The Morgan fingerprint density at radius 3 is 2.52 bits per heavy atom. The van der Waals surface area contributed by atoms with Gasteiger partial charge in [0.25, 0.3) is 0 Å². The summed E-state index contributed by atoms with van der Waals surface area (Å²) in [6.45, 7) is 11.6. The lowest BCUT2D eigenvalue weighted by Crippen LogP contribution is -2.31. The average molecular weight is 292 g/mol. The van der Waals surface area contributed by atoms with Crippen LogP contribution in [0.15, 0.2) is 18.2 Å². The highest BCUT2D eigenvalue weighted by Crippen LogP contribution is 2.23. The van der Waals surface area contributed by atoms with Crippen LogP contribution in [0.3, 0.4) is 0 Å². The zero-order valence-electron chi connectivity index (χ0n) is 14.4. The third-order valence-corrected chi connectivity index (χ3v) is 3.78. The molecular weight excluding hydrogens is 260 g/mol. The maximum Gasteiger partial charge on any atom is 0.0637 e. The Morgan fingerprint density at radius 1 is 1.29 bits per heavy atom. The molecule has 0 aliphatic carbocycles. The van der Waals surface area contributed by atoms with Gasteiger partial charge in [-0.3, -0.25) is 0 Å². The van der Waals surface area contributed by atoms with Crippen LogP contribution in [0, 0.1) is 12.8 Å². The van der Waals surface area contributed by atoms with Gasteiger partial charge in [-0.1, -0.05) is 32.9 Å². The van der Waals surface area contributed by atoms with Gasteiger partial charge in [-0.05, 0) is 42.9 Å². The summed E-state index contributed by atoms with van der Waals surface area (Å²) in [5.41, 5.74) is 10.0. The number of nitrogens with zero attached hydrogens (tertiary/aromatic N) is 1. The lowest BCUT2D eigenvalue weighted by Gasteiger charge is -2.28. The first kappa shape index (κ1) is 18.0. The molecule has 3 nitrogen and oxygen atoms in total. The van der Waals surface area contributed by atoms with E-state index in [-0.39, 0.29) is 6.04 Å². The van der Waals surface area contributed by atoms with Crippen molar-refractivity contribution in [2.45, 2.75) is 46.6 Å². The number of aryl methyl sites for hydroxylation is 1. The predicted molar refractivity (Wildman–Crippen MR) is 92.1 cm³/mol. The highest BCUT2D eigenvalue weighted by atomic mass is 16.5. The highest BCUT2D eigenvalue weighted by molar-refractivity contribution is 5.54. The van der Waals surface area contributed by atoms with E-state index in [9.17, 15) is 0 Å². The molecule has 0 radical (unpaired) electrons. The van der Waals surface area contributed by atoms with Gasteiger partial charge >= 0.3 is 0 Å². The maximum atomic E-state index is 6.06. The molecule has 0 heterocycles. The van der Waals surface area contributed by atoms with Gasteiger partial charge in [0.2, 0.25) is 0 Å². The summed E-state index contributed by atoms with van der Waals surface area (Å²) >= 11 is 0. The molecule has 0 bridgehead atoms. The van der Waals surface area contributed by atoms with Crippen molar-refractivity contribution < 1.29 is 4.74 Å². The zero-order chi connectivity index (χ0) is 15.8. The number of nitrogens with two attached hydrogens (primary N) is 1. The maximum absolute atomic E-state index is 6.06. The first-order chi connectivity index (χ1) is 9.97. The topological polar surface area (TPSA) is 38.5 Å². The molecule has 120 valence electrons. The van der Waals surface area contributed by atoms with E-state index in [0.717, 1.165) is 32.5 Å². The largest absolute Gasteiger partial charge is 0.383 e. The Kier molecular flexibility index (Phi) is 7.76. The van der Waals surface area contributed by atoms with Gasteiger partial charge in [-0.2, -0.15) is 0 Å². The van der Waals surface area contributed by atoms with Crippen molar-refractivity contribution in [1.82, 2.24) is 0 Å². The van der Waals surface area contributed by atoms with Gasteiger partial charge in [0.1, 0.15) is 0 Å². The Bertz CT molecular complexity index is 418. The van der Waals surface area contributed by atoms with Crippen molar-refractivity contribution in [3.05, 3.63) is 29.3 Å². The molecule has 1 aromatic rings. The number of hydrogen-bond acceptors (Lipinski definition) is 3. The van der Waals surface area contributed by atoms with E-state index in [1.165, 1.54) is 16.8 Å². The number of hydrogen-bond donors (Lipinski definition) is 1. The summed E-state index contributed by atoms with van der Waals surface area (Å²) in [5, 5.41) is 0. The highest BCUT2D eigenvalue weighted by Gasteiger charge is 2.12. The number of benzene rings is 1. The average Bonchev–Trinajstić information content (AvgIpc) is 2.43. The molecule has 2 N–H and O–H groups in total. The molecular formula is C18H32N2O. The summed E-state index contributed by atoms with van der Waals surface area (Å²) in [4.78, 5) is 2.42. The zero-order valence-corrected chi connectivity index (χ0v) is 14.4. The van der Waals surface area contributed by atoms with Crippen LogP contribution >= 0.6 is 0 Å². The Hall–Kier alpha value is -1.06. The molecule has 1 rings (SSSR count). The molecule has 0 aliphatic heterocycles. The quantitative estimate of drug-likeness (QED) is 0.758. The summed E-state index contributed by atoms with van der Waals surface area (Å²) in [6, 6.07) is 7.00. The second-order valence-electron chi connectivity index (χ2n) is 6.33. The molecule has 1 unspecified atom stereocenters. The van der Waals surface area contributed by atoms with E-state index in [0.29, 0.717) is 5.92 Å². The van der Waals surface area contributed by atoms with Gasteiger partial charge in [-0.15, -0.1) is 0 Å². The van der Waals surface area contributed by atoms with Crippen LogP contribution in [0.2, 0.25) is 0 Å². The lowest BCUT2D eigenvalue weighted by molar-refractivity contribution is 0.204. The van der Waals surface area contributed by atoms with Gasteiger partial charge in [0.05, 0.1) is 6.61 Å². The SMILES string of the molecule is CCC(N)Cc1ccc(N(CCOC)CC(C)C)c(C)c1. The fourth-order valence-corrected chi connectivity index (χ4v) is 2.60. The second-order valence-corrected chi connectivity index (χ2v) is 6.33. The third-order valence-electron chi connectivity index (χ3n) is 3.78. The number of rotatable bonds is 9. The van der Waals surface area contributed by atoms with Crippen molar-refractivity contribution in [3.8, 4) is 0 Å². The number of anilines is 1. The number of ether oxygens (including phenoxy) is 1. The van der Waals surface area contributed by atoms with Gasteiger partial charge < -0.3 is 15.4 Å². The molecule has 0 saturated heterocycles. The first-order valence-corrected chi connectivity index (χ1v) is 8.06. The van der Waals surface area contributed by atoms with Crippen molar-refractivity contribution >= 4 is 5.69 Å². The number of methoxy groups -OCH3 is 1. The minimum Gasteiger partial charge on any atom is -0.383 e. The summed E-state index contributed by atoms with van der Waals surface area (Å²) in [5.74, 6) is 0.634. The van der Waals surface area contributed by atoms with Crippen LogP contribution in [-0.2, 0) is 11.2 Å². The van der Waals surface area contributed by atoms with Crippen molar-refractivity contribution in [1.29, 1.82) is 0 Å². The normalized spacial score (nSPS) is 12.7. The molecule has 0 spiro atoms. The van der Waals surface area contributed by atoms with Gasteiger partial charge in [0, 0.05) is 31.9 Å². The molecule has 1 atom stereocenters. The smallest absolute Gasteiger partial charge is 0.0637 e. The first-order valence-electron chi connectivity index (χ1n) is 8.06. The van der Waals surface area contributed by atoms with Crippen molar-refractivity contribution in [2.24, 2.45) is 11.7 Å². The van der Waals surface area contributed by atoms with Crippen molar-refractivity contribution in [3.63, 3.8) is 0 Å². The fourth-order valence-electron chi connectivity index (χ4n) is 2.60. The predicted octanol–water partition coefficient (Wildman–Crippen LogP) is 3.38. The summed E-state index contributed by atoms with van der Waals surface area (Å²) < 4.78 is 5.25. The van der Waals surface area contributed by atoms with E-state index in [4.69, 9.17) is 10.5 Å². The van der Waals surface area contributed by atoms with E-state index in [1.807, 2.05) is 0 Å². The van der Waals surface area contributed by atoms with Crippen LogP contribution in [-0.4, -0.2) is 32.8 Å². The Labute approximate surface area is 130 Å². The monoisotopic (exact) mass is 292 g/mol. The van der Waals surface area contributed by atoms with Gasteiger partial charge in [-0.25, -0.2) is 0 Å². The fraction of sp³-hybridized carbons (Fsp3) is 0.667. The third kappa shape index (κ3) is 6.06. The molecule has 1 aromatic carbocycles. The van der Waals surface area contributed by atoms with Crippen LogP contribution in [0.5, 0.6) is 0 Å². The Balaban J connectivity index is 2.87. The minimum atomic E-state index is 0.260.